The molecule has 12 heavy (non-hydrogen) atoms. The van der Waals surface area contributed by atoms with Gasteiger partial charge in [0, 0.05) is 5.92 Å². The zero-order valence-electron chi connectivity index (χ0n) is 7.83. The van der Waals surface area contributed by atoms with Crippen LogP contribution < -0.4 is 0 Å². The molecule has 0 spiro atoms. The van der Waals surface area contributed by atoms with Crippen molar-refractivity contribution in [2.75, 3.05) is 0 Å². The van der Waals surface area contributed by atoms with E-state index in [9.17, 15) is 5.11 Å². The molecule has 1 aliphatic carbocycles. The minimum absolute atomic E-state index is 0.0844. The number of hydrogen-bond acceptors (Lipinski definition) is 2. The molecule has 0 bridgehead atoms. The molecule has 0 saturated heterocycles. The van der Waals surface area contributed by atoms with Crippen LogP contribution in [0.1, 0.15) is 33.1 Å². The summed E-state index contributed by atoms with van der Waals surface area (Å²) >= 11 is 0. The third-order valence-electron chi connectivity index (χ3n) is 2.84. The second-order valence-electron chi connectivity index (χ2n) is 4.19. The van der Waals surface area contributed by atoms with E-state index in [0.717, 1.165) is 12.8 Å². The van der Waals surface area contributed by atoms with Crippen molar-refractivity contribution >= 4 is 0 Å². The molecule has 1 N–H and O–H groups in total. The zero-order chi connectivity index (χ0) is 9.14. The molecule has 0 radical (unpaired) electrons. The minimum atomic E-state index is -0.240. The fourth-order valence-electron chi connectivity index (χ4n) is 1.98. The average Bonchev–Trinajstić information content (AvgIpc) is 2.03. The van der Waals surface area contributed by atoms with Crippen LogP contribution in [0.3, 0.4) is 0 Å². The van der Waals surface area contributed by atoms with Gasteiger partial charge in [0.2, 0.25) is 0 Å². The third-order valence-corrected chi connectivity index (χ3v) is 2.84. The maximum Gasteiger partial charge on any atom is 0.0656 e. The number of rotatable bonds is 1. The Morgan fingerprint density at radius 3 is 2.50 bits per heavy atom. The van der Waals surface area contributed by atoms with E-state index in [1.807, 2.05) is 0 Å². The van der Waals surface area contributed by atoms with Gasteiger partial charge in [-0.2, -0.15) is 5.26 Å². The zero-order valence-corrected chi connectivity index (χ0v) is 7.83. The van der Waals surface area contributed by atoms with Crippen LogP contribution in [-0.2, 0) is 0 Å². The van der Waals surface area contributed by atoms with Crippen molar-refractivity contribution in [1.29, 1.82) is 5.26 Å². The summed E-state index contributed by atoms with van der Waals surface area (Å²) in [6, 6.07) is 2.26. The Hall–Kier alpha value is -0.550. The van der Waals surface area contributed by atoms with Crippen molar-refractivity contribution < 1.29 is 5.11 Å². The summed E-state index contributed by atoms with van der Waals surface area (Å²) in [6.45, 7) is 4.33. The quantitative estimate of drug-likeness (QED) is 0.648. The standard InChI is InChI=1S/C10H17NO/c1-7(2)9-3-8(6-11)4-10(12)5-9/h7-10,12H,3-5H2,1-2H3. The Bertz CT molecular complexity index is 183. The first-order chi connectivity index (χ1) is 5.63. The van der Waals surface area contributed by atoms with Crippen LogP contribution in [-0.4, -0.2) is 11.2 Å². The van der Waals surface area contributed by atoms with Gasteiger partial charge < -0.3 is 5.11 Å². The van der Waals surface area contributed by atoms with Crippen molar-refractivity contribution in [2.45, 2.75) is 39.2 Å². The first-order valence-corrected chi connectivity index (χ1v) is 4.71. The van der Waals surface area contributed by atoms with E-state index in [1.54, 1.807) is 0 Å². The Kier molecular flexibility index (Phi) is 3.11. The lowest BCUT2D eigenvalue weighted by molar-refractivity contribution is 0.0687. The van der Waals surface area contributed by atoms with E-state index in [2.05, 4.69) is 19.9 Å². The fourth-order valence-corrected chi connectivity index (χ4v) is 1.98. The van der Waals surface area contributed by atoms with Gasteiger partial charge in [-0.15, -0.1) is 0 Å². The van der Waals surface area contributed by atoms with E-state index in [0.29, 0.717) is 18.3 Å². The molecule has 68 valence electrons. The molecule has 3 atom stereocenters. The second-order valence-corrected chi connectivity index (χ2v) is 4.19. The van der Waals surface area contributed by atoms with Crippen LogP contribution in [0.2, 0.25) is 0 Å². The molecule has 0 aliphatic heterocycles. The molecule has 0 aromatic heterocycles. The van der Waals surface area contributed by atoms with Crippen molar-refractivity contribution in [1.82, 2.24) is 0 Å². The Labute approximate surface area is 74.2 Å². The highest BCUT2D eigenvalue weighted by Gasteiger charge is 2.29. The Morgan fingerprint density at radius 1 is 1.33 bits per heavy atom. The highest BCUT2D eigenvalue weighted by molar-refractivity contribution is 4.91. The number of nitriles is 1. The second kappa shape index (κ2) is 3.91. The molecule has 0 aromatic rings. The van der Waals surface area contributed by atoms with Crippen LogP contribution >= 0.6 is 0 Å². The van der Waals surface area contributed by atoms with E-state index in [4.69, 9.17) is 5.26 Å². The Morgan fingerprint density at radius 2 is 2.00 bits per heavy atom. The minimum Gasteiger partial charge on any atom is -0.393 e. The normalized spacial score (nSPS) is 36.4. The van der Waals surface area contributed by atoms with Gasteiger partial charge in [-0.25, -0.2) is 0 Å². The van der Waals surface area contributed by atoms with Gasteiger partial charge in [-0.3, -0.25) is 0 Å². The molecule has 0 amide bonds. The van der Waals surface area contributed by atoms with Crippen LogP contribution in [0.4, 0.5) is 0 Å². The summed E-state index contributed by atoms with van der Waals surface area (Å²) in [5, 5.41) is 18.2. The highest BCUT2D eigenvalue weighted by atomic mass is 16.3. The lowest BCUT2D eigenvalue weighted by atomic mass is 9.75. The summed E-state index contributed by atoms with van der Waals surface area (Å²) in [5.74, 6) is 1.22. The first-order valence-electron chi connectivity index (χ1n) is 4.71. The molecule has 0 aromatic carbocycles. The van der Waals surface area contributed by atoms with Gasteiger partial charge in [0.25, 0.3) is 0 Å². The van der Waals surface area contributed by atoms with Gasteiger partial charge in [-0.1, -0.05) is 13.8 Å². The molecule has 1 rings (SSSR count). The SMILES string of the molecule is CC(C)C1CC(O)CC(C#N)C1. The molecule has 0 heterocycles. The predicted octanol–water partition coefficient (Wildman–Crippen LogP) is 1.94. The molecular weight excluding hydrogens is 150 g/mol. The van der Waals surface area contributed by atoms with Gasteiger partial charge in [0.1, 0.15) is 0 Å². The van der Waals surface area contributed by atoms with Crippen molar-refractivity contribution in [3.05, 3.63) is 0 Å². The van der Waals surface area contributed by atoms with Gasteiger partial charge in [0.15, 0.2) is 0 Å². The summed E-state index contributed by atoms with van der Waals surface area (Å²) in [5.41, 5.74) is 0. The highest BCUT2D eigenvalue weighted by Crippen LogP contribution is 2.33. The number of hydrogen-bond donors (Lipinski definition) is 1. The monoisotopic (exact) mass is 167 g/mol. The van der Waals surface area contributed by atoms with Crippen LogP contribution in [0, 0.1) is 29.1 Å². The number of aliphatic hydroxyl groups excluding tert-OH is 1. The van der Waals surface area contributed by atoms with Crippen molar-refractivity contribution in [3.8, 4) is 6.07 Å². The van der Waals surface area contributed by atoms with Crippen molar-refractivity contribution in [2.24, 2.45) is 17.8 Å². The number of nitrogens with zero attached hydrogens (tertiary/aromatic N) is 1. The fraction of sp³-hybridized carbons (Fsp3) is 0.900. The largest absolute Gasteiger partial charge is 0.393 e. The molecule has 1 aliphatic rings. The Balaban J connectivity index is 2.52. The lowest BCUT2D eigenvalue weighted by Gasteiger charge is -2.31. The maximum atomic E-state index is 9.48. The smallest absolute Gasteiger partial charge is 0.0656 e. The van der Waals surface area contributed by atoms with E-state index in [-0.39, 0.29) is 12.0 Å². The van der Waals surface area contributed by atoms with Crippen LogP contribution in [0.15, 0.2) is 0 Å². The summed E-state index contributed by atoms with van der Waals surface area (Å²) in [6.07, 6.45) is 2.30. The molecule has 2 heteroatoms. The van der Waals surface area contributed by atoms with Gasteiger partial charge in [-0.05, 0) is 31.1 Å². The molecular formula is C10H17NO. The summed E-state index contributed by atoms with van der Waals surface area (Å²) in [4.78, 5) is 0. The molecule has 3 unspecified atom stereocenters. The van der Waals surface area contributed by atoms with Crippen LogP contribution in [0.5, 0.6) is 0 Å². The van der Waals surface area contributed by atoms with Gasteiger partial charge >= 0.3 is 0 Å². The first kappa shape index (κ1) is 9.54. The maximum absolute atomic E-state index is 9.48. The van der Waals surface area contributed by atoms with Crippen molar-refractivity contribution in [3.63, 3.8) is 0 Å². The predicted molar refractivity (Wildman–Crippen MR) is 47.3 cm³/mol. The van der Waals surface area contributed by atoms with E-state index >= 15 is 0 Å². The average molecular weight is 167 g/mol. The molecule has 1 saturated carbocycles. The summed E-state index contributed by atoms with van der Waals surface area (Å²) < 4.78 is 0. The van der Waals surface area contributed by atoms with E-state index < -0.39 is 0 Å². The van der Waals surface area contributed by atoms with E-state index in [1.165, 1.54) is 0 Å². The van der Waals surface area contributed by atoms with Crippen LogP contribution in [0.25, 0.3) is 0 Å². The summed E-state index contributed by atoms with van der Waals surface area (Å²) in [7, 11) is 0. The number of aliphatic hydroxyl groups is 1. The lowest BCUT2D eigenvalue weighted by Crippen LogP contribution is -2.28. The molecule has 2 nitrogen and oxygen atoms in total. The molecule has 1 fully saturated rings. The third kappa shape index (κ3) is 2.22. The van der Waals surface area contributed by atoms with Gasteiger partial charge in [0.05, 0.1) is 12.2 Å². The topological polar surface area (TPSA) is 44.0 Å².